The number of rotatable bonds is 18. The zero-order chi connectivity index (χ0) is 32.4. The van der Waals surface area contributed by atoms with E-state index >= 15 is 0 Å². The lowest BCUT2D eigenvalue weighted by Crippen LogP contribution is -2.14. The van der Waals surface area contributed by atoms with Gasteiger partial charge in [0.2, 0.25) is 0 Å². The summed E-state index contributed by atoms with van der Waals surface area (Å²) in [6.07, 6.45) is 4.48. The van der Waals surface area contributed by atoms with Gasteiger partial charge in [0, 0.05) is 6.42 Å². The first-order valence-electron chi connectivity index (χ1n) is 15.0. The highest BCUT2D eigenvalue weighted by Gasteiger charge is 2.12. The molecule has 0 heterocycles. The third kappa shape index (κ3) is 12.7. The molecule has 9 nitrogen and oxygen atoms in total. The van der Waals surface area contributed by atoms with Gasteiger partial charge >= 0.3 is 23.9 Å². The molecule has 3 aromatic carbocycles. The summed E-state index contributed by atoms with van der Waals surface area (Å²) in [7, 11) is 0. The summed E-state index contributed by atoms with van der Waals surface area (Å²) in [5.74, 6) is -0.790. The molecule has 0 aliphatic rings. The Labute approximate surface area is 264 Å². The minimum absolute atomic E-state index is 0.00608. The van der Waals surface area contributed by atoms with Crippen LogP contribution in [0.2, 0.25) is 0 Å². The monoisotopic (exact) mass is 616 g/mol. The Morgan fingerprint density at radius 3 is 1.80 bits per heavy atom. The Morgan fingerprint density at radius 2 is 1.16 bits per heavy atom. The van der Waals surface area contributed by atoms with Crippen LogP contribution in [0.1, 0.15) is 73.1 Å². The molecular formula is C36H40O9. The zero-order valence-corrected chi connectivity index (χ0v) is 25.9. The fourth-order valence-electron chi connectivity index (χ4n) is 4.04. The van der Waals surface area contributed by atoms with E-state index in [9.17, 15) is 19.2 Å². The number of unbranched alkanes of at least 4 members (excludes halogenated alkanes) is 3. The maximum absolute atomic E-state index is 12.6. The summed E-state index contributed by atoms with van der Waals surface area (Å²) < 4.78 is 26.4. The molecule has 0 saturated carbocycles. The fourth-order valence-corrected chi connectivity index (χ4v) is 4.04. The van der Waals surface area contributed by atoms with Gasteiger partial charge in [-0.25, -0.2) is 9.59 Å². The second-order valence-electron chi connectivity index (χ2n) is 10.4. The molecule has 0 N–H and O–H groups in total. The van der Waals surface area contributed by atoms with E-state index in [1.165, 1.54) is 0 Å². The Morgan fingerprint density at radius 1 is 0.600 bits per heavy atom. The van der Waals surface area contributed by atoms with Crippen molar-refractivity contribution in [3.05, 3.63) is 96.1 Å². The lowest BCUT2D eigenvalue weighted by Gasteiger charge is -2.09. The first-order chi connectivity index (χ1) is 21.7. The van der Waals surface area contributed by atoms with Crippen molar-refractivity contribution in [2.45, 2.75) is 52.4 Å². The number of hydrogen-bond acceptors (Lipinski definition) is 9. The van der Waals surface area contributed by atoms with Crippen molar-refractivity contribution in [1.82, 2.24) is 0 Å². The molecule has 0 saturated heterocycles. The lowest BCUT2D eigenvalue weighted by atomic mass is 10.0. The highest BCUT2D eigenvalue weighted by atomic mass is 16.6. The predicted molar refractivity (Wildman–Crippen MR) is 169 cm³/mol. The third-order valence-corrected chi connectivity index (χ3v) is 6.48. The van der Waals surface area contributed by atoms with Crippen molar-refractivity contribution in [1.29, 1.82) is 0 Å². The summed E-state index contributed by atoms with van der Waals surface area (Å²) in [6.45, 7) is 7.92. The number of ether oxygens (including phenoxy) is 5. The van der Waals surface area contributed by atoms with E-state index in [2.05, 4.69) is 13.5 Å². The van der Waals surface area contributed by atoms with Gasteiger partial charge in [-0.2, -0.15) is 0 Å². The van der Waals surface area contributed by atoms with Gasteiger partial charge in [-0.05, 0) is 78.6 Å². The van der Waals surface area contributed by atoms with E-state index in [0.717, 1.165) is 42.4 Å². The zero-order valence-electron chi connectivity index (χ0n) is 25.9. The topological polar surface area (TPSA) is 114 Å². The molecule has 238 valence electrons. The SMILES string of the molecule is C=C(C)COC(=O)CCOc1ccc(C(=O)Oc2ccc(-c3ccc(C(=O)OCCOC(=O)CCCCCC)cc3)cc2)cc1. The van der Waals surface area contributed by atoms with Crippen LogP contribution in [0.5, 0.6) is 11.5 Å². The fraction of sp³-hybridized carbons (Fsp3) is 0.333. The Balaban J connectivity index is 1.41. The maximum atomic E-state index is 12.6. The minimum Gasteiger partial charge on any atom is -0.493 e. The first-order valence-corrected chi connectivity index (χ1v) is 15.0. The minimum atomic E-state index is -0.526. The van der Waals surface area contributed by atoms with E-state index in [4.69, 9.17) is 23.7 Å². The van der Waals surface area contributed by atoms with E-state index in [0.29, 0.717) is 29.0 Å². The van der Waals surface area contributed by atoms with Gasteiger partial charge in [-0.3, -0.25) is 9.59 Å². The number of carbonyl (C=O) groups excluding carboxylic acids is 4. The van der Waals surface area contributed by atoms with Gasteiger partial charge in [-0.15, -0.1) is 0 Å². The highest BCUT2D eigenvalue weighted by molar-refractivity contribution is 5.91. The smallest absolute Gasteiger partial charge is 0.343 e. The number of hydrogen-bond donors (Lipinski definition) is 0. The third-order valence-electron chi connectivity index (χ3n) is 6.48. The van der Waals surface area contributed by atoms with E-state index in [1.807, 2.05) is 12.1 Å². The highest BCUT2D eigenvalue weighted by Crippen LogP contribution is 2.24. The molecular weight excluding hydrogens is 576 g/mol. The van der Waals surface area contributed by atoms with Crippen LogP contribution < -0.4 is 9.47 Å². The molecule has 0 aromatic heterocycles. The van der Waals surface area contributed by atoms with Gasteiger partial charge in [-0.1, -0.05) is 57.0 Å². The van der Waals surface area contributed by atoms with Crippen molar-refractivity contribution in [2.75, 3.05) is 26.4 Å². The van der Waals surface area contributed by atoms with E-state index in [-0.39, 0.29) is 44.8 Å². The Hall–Kier alpha value is -4.92. The second-order valence-corrected chi connectivity index (χ2v) is 10.4. The molecule has 0 radical (unpaired) electrons. The molecule has 0 fully saturated rings. The molecule has 0 atom stereocenters. The molecule has 0 amide bonds. The van der Waals surface area contributed by atoms with Crippen molar-refractivity contribution >= 4 is 23.9 Å². The standard InChI is InChI=1S/C36H40O9/c1-4-5-6-7-8-33(37)42-23-24-43-35(39)29-11-9-27(10-12-29)28-13-19-32(20-14-28)45-36(40)30-15-17-31(18-16-30)41-22-21-34(38)44-25-26(2)3/h9-20H,2,4-8,21-25H2,1,3H3. The summed E-state index contributed by atoms with van der Waals surface area (Å²) in [5.41, 5.74) is 3.21. The average molecular weight is 617 g/mol. The summed E-state index contributed by atoms with van der Waals surface area (Å²) in [6, 6.07) is 20.3. The van der Waals surface area contributed by atoms with E-state index < -0.39 is 11.9 Å². The van der Waals surface area contributed by atoms with Crippen molar-refractivity contribution in [3.8, 4) is 22.6 Å². The molecule has 0 bridgehead atoms. The molecule has 3 rings (SSSR count). The van der Waals surface area contributed by atoms with Crippen LogP contribution in [0.15, 0.2) is 84.9 Å². The maximum Gasteiger partial charge on any atom is 0.343 e. The predicted octanol–water partition coefficient (Wildman–Crippen LogP) is 7.13. The molecule has 0 unspecified atom stereocenters. The van der Waals surface area contributed by atoms with Crippen LogP contribution >= 0.6 is 0 Å². The van der Waals surface area contributed by atoms with Gasteiger partial charge in [0.05, 0.1) is 24.2 Å². The lowest BCUT2D eigenvalue weighted by molar-refractivity contribution is -0.145. The summed E-state index contributed by atoms with van der Waals surface area (Å²) in [4.78, 5) is 48.3. The normalized spacial score (nSPS) is 10.4. The van der Waals surface area contributed by atoms with Crippen molar-refractivity contribution in [2.24, 2.45) is 0 Å². The number of benzene rings is 3. The number of esters is 4. The Bertz CT molecular complexity index is 1410. The molecule has 0 spiro atoms. The Kier molecular flexibility index (Phi) is 14.3. The van der Waals surface area contributed by atoms with Crippen molar-refractivity contribution in [3.63, 3.8) is 0 Å². The van der Waals surface area contributed by atoms with Gasteiger partial charge in [0.1, 0.15) is 31.3 Å². The quantitative estimate of drug-likeness (QED) is 0.0484. The molecule has 3 aromatic rings. The van der Waals surface area contributed by atoms with Gasteiger partial charge < -0.3 is 23.7 Å². The summed E-state index contributed by atoms with van der Waals surface area (Å²) >= 11 is 0. The molecule has 45 heavy (non-hydrogen) atoms. The second kappa shape index (κ2) is 18.7. The largest absolute Gasteiger partial charge is 0.493 e. The first kappa shape index (κ1) is 34.6. The van der Waals surface area contributed by atoms with Crippen LogP contribution in [0, 0.1) is 0 Å². The van der Waals surface area contributed by atoms with Gasteiger partial charge in [0.15, 0.2) is 0 Å². The summed E-state index contributed by atoms with van der Waals surface area (Å²) in [5, 5.41) is 0. The van der Waals surface area contributed by atoms with Gasteiger partial charge in [0.25, 0.3) is 0 Å². The van der Waals surface area contributed by atoms with Crippen LogP contribution in [0.25, 0.3) is 11.1 Å². The van der Waals surface area contributed by atoms with Crippen LogP contribution in [-0.4, -0.2) is 50.3 Å². The average Bonchev–Trinajstić information content (AvgIpc) is 3.05. The van der Waals surface area contributed by atoms with Crippen LogP contribution in [0.3, 0.4) is 0 Å². The molecule has 9 heteroatoms. The van der Waals surface area contributed by atoms with Crippen molar-refractivity contribution < 1.29 is 42.9 Å². The number of carbonyl (C=O) groups is 4. The van der Waals surface area contributed by atoms with E-state index in [1.54, 1.807) is 67.6 Å². The molecule has 0 aliphatic carbocycles. The van der Waals surface area contributed by atoms with Crippen LogP contribution in [0.4, 0.5) is 0 Å². The van der Waals surface area contributed by atoms with Crippen LogP contribution in [-0.2, 0) is 23.8 Å². The molecule has 0 aliphatic heterocycles.